The summed E-state index contributed by atoms with van der Waals surface area (Å²) in [6.07, 6.45) is 38.7. The van der Waals surface area contributed by atoms with Crippen LogP contribution in [0.1, 0.15) is 194 Å². The van der Waals surface area contributed by atoms with E-state index in [1.54, 1.807) is 0 Å². The summed E-state index contributed by atoms with van der Waals surface area (Å²) in [6, 6.07) is 0. The molecule has 0 rings (SSSR count). The summed E-state index contributed by atoms with van der Waals surface area (Å²) in [6.45, 7) is 4.88. The number of hydrogen-bond donors (Lipinski definition) is 0. The van der Waals surface area contributed by atoms with Crippen molar-refractivity contribution in [3.05, 3.63) is 12.2 Å². The Balaban J connectivity index is 3.31. The Hall–Kier alpha value is -1.32. The highest BCUT2D eigenvalue weighted by Gasteiger charge is 2.06. The van der Waals surface area contributed by atoms with Gasteiger partial charge in [-0.3, -0.25) is 9.59 Å². The molecule has 4 heteroatoms. The average molecular weight is 565 g/mol. The number of rotatable bonds is 32. The van der Waals surface area contributed by atoms with Crippen LogP contribution in [0.2, 0.25) is 0 Å². The Morgan fingerprint density at radius 1 is 0.400 bits per heavy atom. The Morgan fingerprint density at radius 3 is 1.00 bits per heavy atom. The fourth-order valence-corrected chi connectivity index (χ4v) is 5.08. The van der Waals surface area contributed by atoms with Crippen LogP contribution in [0.3, 0.4) is 0 Å². The topological polar surface area (TPSA) is 52.6 Å². The number of allylic oxidation sites excluding steroid dienone is 2. The van der Waals surface area contributed by atoms with E-state index < -0.39 is 0 Å². The van der Waals surface area contributed by atoms with E-state index >= 15 is 0 Å². The molecule has 0 aromatic rings. The van der Waals surface area contributed by atoms with Crippen molar-refractivity contribution in [2.24, 2.45) is 0 Å². The van der Waals surface area contributed by atoms with Gasteiger partial charge in [0.05, 0.1) is 0 Å². The lowest BCUT2D eigenvalue weighted by Gasteiger charge is -2.07. The number of esters is 2. The summed E-state index contributed by atoms with van der Waals surface area (Å²) in [4.78, 5) is 23.7. The summed E-state index contributed by atoms with van der Waals surface area (Å²) in [5.41, 5.74) is 0. The fourth-order valence-electron chi connectivity index (χ4n) is 5.08. The molecule has 0 aromatic heterocycles. The molecule has 0 N–H and O–H groups in total. The standard InChI is InChI=1S/C36H68O4/c1-3-5-7-9-11-13-15-17-18-20-22-24-26-28-30-32-36(38)40-34-33-39-35(37)31-29-27-25-23-21-19-16-14-12-10-8-6-4-2/h17-18H,3-16,19-34H2,1-2H3. The van der Waals surface area contributed by atoms with Crippen molar-refractivity contribution < 1.29 is 19.1 Å². The lowest BCUT2D eigenvalue weighted by Crippen LogP contribution is -2.13. The maximum atomic E-state index is 11.9. The van der Waals surface area contributed by atoms with Crippen molar-refractivity contribution in [2.75, 3.05) is 13.2 Å². The monoisotopic (exact) mass is 565 g/mol. The first-order chi connectivity index (χ1) is 19.7. The van der Waals surface area contributed by atoms with Crippen molar-refractivity contribution in [2.45, 2.75) is 194 Å². The molecule has 0 atom stereocenters. The van der Waals surface area contributed by atoms with E-state index in [4.69, 9.17) is 9.47 Å². The predicted octanol–water partition coefficient (Wildman–Crippen LogP) is 11.6. The Morgan fingerprint density at radius 2 is 0.675 bits per heavy atom. The third-order valence-electron chi connectivity index (χ3n) is 7.74. The highest BCUT2D eigenvalue weighted by Crippen LogP contribution is 2.13. The largest absolute Gasteiger partial charge is 0.462 e. The molecule has 0 saturated carbocycles. The predicted molar refractivity (Wildman–Crippen MR) is 172 cm³/mol. The fraction of sp³-hybridized carbons (Fsp3) is 0.889. The van der Waals surface area contributed by atoms with Gasteiger partial charge in [-0.25, -0.2) is 0 Å². The van der Waals surface area contributed by atoms with Crippen LogP contribution in [0.15, 0.2) is 12.2 Å². The molecule has 0 amide bonds. The molecule has 40 heavy (non-hydrogen) atoms. The lowest BCUT2D eigenvalue weighted by molar-refractivity contribution is -0.152. The van der Waals surface area contributed by atoms with Crippen molar-refractivity contribution in [1.82, 2.24) is 0 Å². The van der Waals surface area contributed by atoms with Crippen LogP contribution in [0.4, 0.5) is 0 Å². The van der Waals surface area contributed by atoms with Crippen LogP contribution in [0.5, 0.6) is 0 Å². The number of unbranched alkanes of at least 4 members (excludes halogenated alkanes) is 23. The quantitative estimate of drug-likeness (QED) is 0.0463. The number of ether oxygens (including phenoxy) is 2. The molecule has 0 aliphatic carbocycles. The molecule has 236 valence electrons. The van der Waals surface area contributed by atoms with Gasteiger partial charge in [-0.2, -0.15) is 0 Å². The number of hydrogen-bond acceptors (Lipinski definition) is 4. The van der Waals surface area contributed by atoms with Crippen molar-refractivity contribution in [1.29, 1.82) is 0 Å². The first-order valence-corrected chi connectivity index (χ1v) is 17.7. The molecule has 0 aliphatic rings. The van der Waals surface area contributed by atoms with Gasteiger partial charge in [0.25, 0.3) is 0 Å². The number of carbonyl (C=O) groups is 2. The van der Waals surface area contributed by atoms with Gasteiger partial charge in [0, 0.05) is 12.8 Å². The zero-order chi connectivity index (χ0) is 29.2. The minimum atomic E-state index is -0.176. The molecule has 0 saturated heterocycles. The first kappa shape index (κ1) is 38.7. The maximum absolute atomic E-state index is 11.9. The van der Waals surface area contributed by atoms with Crippen LogP contribution in [-0.4, -0.2) is 25.2 Å². The molecule has 0 bridgehead atoms. The normalized spacial score (nSPS) is 11.3. The van der Waals surface area contributed by atoms with Gasteiger partial charge in [-0.05, 0) is 38.5 Å². The van der Waals surface area contributed by atoms with Gasteiger partial charge in [-0.15, -0.1) is 0 Å². The maximum Gasteiger partial charge on any atom is 0.305 e. The molecule has 0 aliphatic heterocycles. The lowest BCUT2D eigenvalue weighted by atomic mass is 10.0. The molecular formula is C36H68O4. The van der Waals surface area contributed by atoms with Crippen LogP contribution in [-0.2, 0) is 19.1 Å². The minimum Gasteiger partial charge on any atom is -0.462 e. The van der Waals surface area contributed by atoms with E-state index in [1.165, 1.54) is 141 Å². The average Bonchev–Trinajstić information content (AvgIpc) is 2.95. The van der Waals surface area contributed by atoms with E-state index in [-0.39, 0.29) is 25.2 Å². The second-order valence-corrected chi connectivity index (χ2v) is 11.8. The van der Waals surface area contributed by atoms with Gasteiger partial charge in [-0.1, -0.05) is 154 Å². The molecular weight excluding hydrogens is 496 g/mol. The van der Waals surface area contributed by atoms with Crippen LogP contribution < -0.4 is 0 Å². The van der Waals surface area contributed by atoms with Gasteiger partial charge in [0.1, 0.15) is 13.2 Å². The highest BCUT2D eigenvalue weighted by molar-refractivity contribution is 5.70. The molecule has 0 radical (unpaired) electrons. The highest BCUT2D eigenvalue weighted by atomic mass is 16.6. The van der Waals surface area contributed by atoms with E-state index in [2.05, 4.69) is 26.0 Å². The second-order valence-electron chi connectivity index (χ2n) is 11.8. The van der Waals surface area contributed by atoms with Crippen molar-refractivity contribution in [3.8, 4) is 0 Å². The zero-order valence-corrected chi connectivity index (χ0v) is 27.0. The van der Waals surface area contributed by atoms with E-state index in [1.807, 2.05) is 0 Å². The summed E-state index contributed by atoms with van der Waals surface area (Å²) in [5, 5.41) is 0. The van der Waals surface area contributed by atoms with Gasteiger partial charge in [0.15, 0.2) is 0 Å². The molecule has 0 heterocycles. The molecule has 0 unspecified atom stereocenters. The molecule has 4 nitrogen and oxygen atoms in total. The van der Waals surface area contributed by atoms with Gasteiger partial charge >= 0.3 is 11.9 Å². The smallest absolute Gasteiger partial charge is 0.305 e. The summed E-state index contributed by atoms with van der Waals surface area (Å²) in [5.74, 6) is -0.346. The van der Waals surface area contributed by atoms with Crippen molar-refractivity contribution in [3.63, 3.8) is 0 Å². The van der Waals surface area contributed by atoms with Crippen LogP contribution in [0.25, 0.3) is 0 Å². The molecule has 0 aromatic carbocycles. The van der Waals surface area contributed by atoms with Crippen molar-refractivity contribution >= 4 is 11.9 Å². The third kappa shape index (κ3) is 32.9. The first-order valence-electron chi connectivity index (χ1n) is 17.7. The third-order valence-corrected chi connectivity index (χ3v) is 7.74. The van der Waals surface area contributed by atoms with Gasteiger partial charge < -0.3 is 9.47 Å². The summed E-state index contributed by atoms with van der Waals surface area (Å²) < 4.78 is 10.4. The molecule has 0 spiro atoms. The Kier molecular flexibility index (Phi) is 32.8. The van der Waals surface area contributed by atoms with Gasteiger partial charge in [0.2, 0.25) is 0 Å². The Bertz CT molecular complexity index is 557. The van der Waals surface area contributed by atoms with E-state index in [0.717, 1.165) is 25.7 Å². The SMILES string of the molecule is CCCCCCCCC=CCCCCCCCC(=O)OCCOC(=O)CCCCCCCCCCCCCCC. The zero-order valence-electron chi connectivity index (χ0n) is 27.0. The van der Waals surface area contributed by atoms with E-state index in [0.29, 0.717) is 12.8 Å². The van der Waals surface area contributed by atoms with E-state index in [9.17, 15) is 9.59 Å². The van der Waals surface area contributed by atoms with Crippen LogP contribution in [0, 0.1) is 0 Å². The summed E-state index contributed by atoms with van der Waals surface area (Å²) >= 11 is 0. The molecule has 0 fully saturated rings. The minimum absolute atomic E-state index is 0.170. The van der Waals surface area contributed by atoms with Crippen LogP contribution >= 0.6 is 0 Å². The Labute approximate surface area is 249 Å². The number of carbonyl (C=O) groups excluding carboxylic acids is 2. The summed E-state index contributed by atoms with van der Waals surface area (Å²) in [7, 11) is 0. The second kappa shape index (κ2) is 33.9.